The SMILES string of the molecule is Cc1ccc(C2=NNC(C)(c3ccncc3)S2)cc1. The Balaban J connectivity index is 1.85. The van der Waals surface area contributed by atoms with Crippen molar-refractivity contribution in [1.82, 2.24) is 10.4 Å². The third kappa shape index (κ3) is 2.36. The quantitative estimate of drug-likeness (QED) is 0.909. The Kier molecular flexibility index (Phi) is 3.03. The zero-order chi connectivity index (χ0) is 13.3. The van der Waals surface area contributed by atoms with Crippen LogP contribution in [-0.2, 0) is 4.87 Å². The lowest BCUT2D eigenvalue weighted by Gasteiger charge is -2.22. The number of nitrogens with one attached hydrogen (secondary N) is 1. The number of aromatic nitrogens is 1. The van der Waals surface area contributed by atoms with Gasteiger partial charge in [0.05, 0.1) is 0 Å². The highest BCUT2D eigenvalue weighted by Gasteiger charge is 2.34. The Morgan fingerprint density at radius 3 is 2.42 bits per heavy atom. The number of aryl methyl sites for hydroxylation is 1. The van der Waals surface area contributed by atoms with Gasteiger partial charge in [-0.1, -0.05) is 41.6 Å². The highest BCUT2D eigenvalue weighted by atomic mass is 32.2. The van der Waals surface area contributed by atoms with Gasteiger partial charge < -0.3 is 0 Å². The molecule has 0 bridgehead atoms. The van der Waals surface area contributed by atoms with E-state index in [-0.39, 0.29) is 4.87 Å². The Labute approximate surface area is 117 Å². The predicted octanol–water partition coefficient (Wildman–Crippen LogP) is 3.26. The van der Waals surface area contributed by atoms with Crippen molar-refractivity contribution in [1.29, 1.82) is 0 Å². The van der Waals surface area contributed by atoms with Gasteiger partial charge in [-0.25, -0.2) is 0 Å². The number of nitrogens with zero attached hydrogens (tertiary/aromatic N) is 2. The molecular formula is C15H15N3S. The molecule has 0 saturated heterocycles. The fourth-order valence-corrected chi connectivity index (χ4v) is 3.09. The van der Waals surface area contributed by atoms with E-state index in [0.717, 1.165) is 10.6 Å². The number of thioether (sulfide) groups is 1. The normalized spacial score (nSPS) is 21.9. The van der Waals surface area contributed by atoms with Crippen LogP contribution in [-0.4, -0.2) is 10.0 Å². The number of benzene rings is 1. The van der Waals surface area contributed by atoms with E-state index in [2.05, 4.69) is 53.6 Å². The van der Waals surface area contributed by atoms with Crippen molar-refractivity contribution in [3.05, 3.63) is 65.5 Å². The summed E-state index contributed by atoms with van der Waals surface area (Å²) in [6.07, 6.45) is 3.62. The molecule has 3 rings (SSSR count). The minimum atomic E-state index is -0.219. The second-order valence-electron chi connectivity index (χ2n) is 4.77. The van der Waals surface area contributed by atoms with Gasteiger partial charge in [0, 0.05) is 18.0 Å². The van der Waals surface area contributed by atoms with E-state index in [1.54, 1.807) is 11.8 Å². The van der Waals surface area contributed by atoms with E-state index < -0.39 is 0 Å². The molecule has 1 N–H and O–H groups in total. The maximum Gasteiger partial charge on any atom is 0.128 e. The molecule has 1 atom stereocenters. The molecule has 0 saturated carbocycles. The molecule has 4 heteroatoms. The zero-order valence-corrected chi connectivity index (χ0v) is 11.7. The van der Waals surface area contributed by atoms with E-state index in [9.17, 15) is 0 Å². The second kappa shape index (κ2) is 4.70. The maximum atomic E-state index is 4.47. The molecule has 1 aromatic carbocycles. The molecule has 0 aliphatic carbocycles. The molecule has 1 unspecified atom stereocenters. The summed E-state index contributed by atoms with van der Waals surface area (Å²) in [4.78, 5) is 3.84. The van der Waals surface area contributed by atoms with Gasteiger partial charge in [-0.3, -0.25) is 10.4 Å². The Morgan fingerprint density at radius 1 is 1.05 bits per heavy atom. The van der Waals surface area contributed by atoms with Crippen LogP contribution >= 0.6 is 11.8 Å². The molecule has 1 aliphatic rings. The summed E-state index contributed by atoms with van der Waals surface area (Å²) >= 11 is 1.74. The molecule has 96 valence electrons. The van der Waals surface area contributed by atoms with E-state index in [1.165, 1.54) is 11.1 Å². The Hall–Kier alpha value is -1.81. The number of hydrazone groups is 1. The number of pyridine rings is 1. The summed E-state index contributed by atoms with van der Waals surface area (Å²) in [6.45, 7) is 4.23. The zero-order valence-electron chi connectivity index (χ0n) is 10.9. The van der Waals surface area contributed by atoms with Crippen molar-refractivity contribution in [3.63, 3.8) is 0 Å². The third-order valence-corrected chi connectivity index (χ3v) is 4.46. The molecule has 1 aromatic heterocycles. The summed E-state index contributed by atoms with van der Waals surface area (Å²) in [5.41, 5.74) is 6.83. The molecule has 19 heavy (non-hydrogen) atoms. The van der Waals surface area contributed by atoms with Gasteiger partial charge in [0.2, 0.25) is 0 Å². The molecule has 2 aromatic rings. The maximum absolute atomic E-state index is 4.47. The highest BCUT2D eigenvalue weighted by molar-refractivity contribution is 8.15. The van der Waals surface area contributed by atoms with Crippen LogP contribution in [0.3, 0.4) is 0 Å². The lowest BCUT2D eigenvalue weighted by molar-refractivity contribution is 0.562. The molecule has 3 nitrogen and oxygen atoms in total. The largest absolute Gasteiger partial charge is 0.288 e. The average Bonchev–Trinajstić information content (AvgIpc) is 2.85. The summed E-state index contributed by atoms with van der Waals surface area (Å²) < 4.78 is 0. The van der Waals surface area contributed by atoms with E-state index in [4.69, 9.17) is 0 Å². The van der Waals surface area contributed by atoms with E-state index in [0.29, 0.717) is 0 Å². The van der Waals surface area contributed by atoms with Gasteiger partial charge >= 0.3 is 0 Å². The number of hydrogen-bond donors (Lipinski definition) is 1. The van der Waals surface area contributed by atoms with Crippen LogP contribution < -0.4 is 5.43 Å². The van der Waals surface area contributed by atoms with Crippen LogP contribution in [0, 0.1) is 6.92 Å². The van der Waals surface area contributed by atoms with Crippen molar-refractivity contribution >= 4 is 16.8 Å². The molecule has 0 fully saturated rings. The smallest absolute Gasteiger partial charge is 0.128 e. The van der Waals surface area contributed by atoms with Crippen LogP contribution in [0.2, 0.25) is 0 Å². The minimum absolute atomic E-state index is 0.219. The Bertz CT molecular complexity index is 607. The van der Waals surface area contributed by atoms with E-state index in [1.807, 2.05) is 24.5 Å². The summed E-state index contributed by atoms with van der Waals surface area (Å²) in [6, 6.07) is 12.5. The van der Waals surface area contributed by atoms with Gasteiger partial charge in [0.15, 0.2) is 0 Å². The van der Waals surface area contributed by atoms with Crippen molar-refractivity contribution < 1.29 is 0 Å². The first-order valence-electron chi connectivity index (χ1n) is 6.19. The fraction of sp³-hybridized carbons (Fsp3) is 0.200. The van der Waals surface area contributed by atoms with Gasteiger partial charge in [-0.05, 0) is 31.5 Å². The monoisotopic (exact) mass is 269 g/mol. The molecule has 0 radical (unpaired) electrons. The van der Waals surface area contributed by atoms with Gasteiger partial charge in [-0.2, -0.15) is 5.10 Å². The van der Waals surface area contributed by atoms with Crippen molar-refractivity contribution in [3.8, 4) is 0 Å². The van der Waals surface area contributed by atoms with Gasteiger partial charge in [0.25, 0.3) is 0 Å². The van der Waals surface area contributed by atoms with Crippen LogP contribution in [0.15, 0.2) is 53.9 Å². The van der Waals surface area contributed by atoms with Crippen LogP contribution in [0.4, 0.5) is 0 Å². The Morgan fingerprint density at radius 2 is 1.74 bits per heavy atom. The number of hydrogen-bond acceptors (Lipinski definition) is 4. The van der Waals surface area contributed by atoms with E-state index >= 15 is 0 Å². The van der Waals surface area contributed by atoms with Crippen molar-refractivity contribution in [2.75, 3.05) is 0 Å². The third-order valence-electron chi connectivity index (χ3n) is 3.20. The standard InChI is InChI=1S/C15H15N3S/c1-11-3-5-12(6-4-11)14-17-18-15(2,19-14)13-7-9-16-10-8-13/h3-10,18H,1-2H3. The lowest BCUT2D eigenvalue weighted by Crippen LogP contribution is -2.28. The molecule has 0 spiro atoms. The van der Waals surface area contributed by atoms with Crippen molar-refractivity contribution in [2.24, 2.45) is 5.10 Å². The second-order valence-corrected chi connectivity index (χ2v) is 6.17. The first-order chi connectivity index (χ1) is 9.17. The first kappa shape index (κ1) is 12.2. The predicted molar refractivity (Wildman–Crippen MR) is 80.0 cm³/mol. The molecular weight excluding hydrogens is 254 g/mol. The van der Waals surface area contributed by atoms with Crippen molar-refractivity contribution in [2.45, 2.75) is 18.7 Å². The van der Waals surface area contributed by atoms with Crippen LogP contribution in [0.1, 0.15) is 23.6 Å². The highest BCUT2D eigenvalue weighted by Crippen LogP contribution is 2.39. The average molecular weight is 269 g/mol. The first-order valence-corrected chi connectivity index (χ1v) is 7.00. The number of rotatable bonds is 2. The summed E-state index contributed by atoms with van der Waals surface area (Å²) in [5.74, 6) is 0. The summed E-state index contributed by atoms with van der Waals surface area (Å²) in [5, 5.41) is 5.50. The molecule has 0 amide bonds. The van der Waals surface area contributed by atoms with Gasteiger partial charge in [-0.15, -0.1) is 0 Å². The molecule has 2 heterocycles. The topological polar surface area (TPSA) is 37.3 Å². The fourth-order valence-electron chi connectivity index (χ4n) is 2.01. The lowest BCUT2D eigenvalue weighted by atomic mass is 10.1. The van der Waals surface area contributed by atoms with Gasteiger partial charge in [0.1, 0.15) is 9.91 Å². The minimum Gasteiger partial charge on any atom is -0.288 e. The van der Waals surface area contributed by atoms with Crippen LogP contribution in [0.5, 0.6) is 0 Å². The molecule has 1 aliphatic heterocycles. The van der Waals surface area contributed by atoms with Crippen LogP contribution in [0.25, 0.3) is 0 Å². The summed E-state index contributed by atoms with van der Waals surface area (Å²) in [7, 11) is 0.